The first-order valence-electron chi connectivity index (χ1n) is 5.95. The Balaban J connectivity index is 1.92. The number of rotatable bonds is 2. The van der Waals surface area contributed by atoms with E-state index in [0.29, 0.717) is 17.1 Å². The molecule has 0 amide bonds. The summed E-state index contributed by atoms with van der Waals surface area (Å²) in [5.41, 5.74) is 1.60. The lowest BCUT2D eigenvalue weighted by Crippen LogP contribution is -1.97. The predicted molar refractivity (Wildman–Crippen MR) is 77.6 cm³/mol. The number of carbonyl (C=O) groups is 1. The quantitative estimate of drug-likeness (QED) is 0.607. The van der Waals surface area contributed by atoms with E-state index in [0.717, 1.165) is 5.56 Å². The minimum Gasteiger partial charge on any atom is -0.452 e. The maximum atomic E-state index is 12.1. The smallest absolute Gasteiger partial charge is 0.231 e. The Kier molecular flexibility index (Phi) is 3.13. The molecule has 0 fully saturated rings. The third-order valence-electron chi connectivity index (χ3n) is 2.99. The van der Waals surface area contributed by atoms with Gasteiger partial charge in [-0.3, -0.25) is 4.79 Å². The first-order valence-corrected chi connectivity index (χ1v) is 7.18. The van der Waals surface area contributed by atoms with E-state index in [1.165, 1.54) is 4.90 Å². The van der Waals surface area contributed by atoms with Gasteiger partial charge in [0.25, 0.3) is 0 Å². The summed E-state index contributed by atoms with van der Waals surface area (Å²) < 4.78 is 5.59. The summed E-state index contributed by atoms with van der Waals surface area (Å²) in [5.74, 6) is 0.974. The molecule has 3 rings (SSSR count). The van der Waals surface area contributed by atoms with Crippen molar-refractivity contribution in [3.63, 3.8) is 0 Å². The minimum atomic E-state index is -0.0513. The fourth-order valence-corrected chi connectivity index (χ4v) is 2.40. The van der Waals surface area contributed by atoms with Crippen LogP contribution in [-0.2, 0) is 0 Å². The number of thioether (sulfide) groups is 1. The molecule has 0 aliphatic carbocycles. The van der Waals surface area contributed by atoms with E-state index in [-0.39, 0.29) is 5.78 Å². The van der Waals surface area contributed by atoms with Gasteiger partial charge in [0.1, 0.15) is 5.75 Å². The van der Waals surface area contributed by atoms with Crippen LogP contribution in [0.3, 0.4) is 0 Å². The van der Waals surface area contributed by atoms with Gasteiger partial charge in [-0.15, -0.1) is 11.8 Å². The van der Waals surface area contributed by atoms with Gasteiger partial charge in [0.15, 0.2) is 5.76 Å². The van der Waals surface area contributed by atoms with Gasteiger partial charge in [0.2, 0.25) is 5.78 Å². The summed E-state index contributed by atoms with van der Waals surface area (Å²) in [6.45, 7) is 0. The third kappa shape index (κ3) is 2.29. The molecule has 0 atom stereocenters. The second kappa shape index (κ2) is 4.94. The highest BCUT2D eigenvalue weighted by Gasteiger charge is 2.26. The van der Waals surface area contributed by atoms with Crippen LogP contribution >= 0.6 is 11.8 Å². The van der Waals surface area contributed by atoms with Crippen molar-refractivity contribution in [1.29, 1.82) is 0 Å². The lowest BCUT2D eigenvalue weighted by atomic mass is 10.1. The summed E-state index contributed by atoms with van der Waals surface area (Å²) in [7, 11) is 0. The SMILES string of the molecule is CSc1ccc(/C=C2/Oc3ccccc3C2=O)cc1. The lowest BCUT2D eigenvalue weighted by molar-refractivity contribution is 0.101. The van der Waals surface area contributed by atoms with Crippen LogP contribution in [0.5, 0.6) is 5.75 Å². The van der Waals surface area contributed by atoms with Crippen molar-refractivity contribution >= 4 is 23.6 Å². The van der Waals surface area contributed by atoms with Crippen molar-refractivity contribution in [3.05, 3.63) is 65.4 Å². The zero-order valence-corrected chi connectivity index (χ0v) is 11.2. The standard InChI is InChI=1S/C16H12O2S/c1-19-12-8-6-11(7-9-12)10-15-16(17)13-4-2-3-5-14(13)18-15/h2-10H,1H3/b15-10+. The first kappa shape index (κ1) is 12.1. The number of benzene rings is 2. The Labute approximate surface area is 116 Å². The summed E-state index contributed by atoms with van der Waals surface area (Å²) in [5, 5.41) is 0. The lowest BCUT2D eigenvalue weighted by Gasteiger charge is -1.99. The van der Waals surface area contributed by atoms with Crippen LogP contribution < -0.4 is 4.74 Å². The molecule has 0 saturated carbocycles. The summed E-state index contributed by atoms with van der Waals surface area (Å²) in [4.78, 5) is 13.3. The second-order valence-electron chi connectivity index (χ2n) is 4.21. The molecule has 94 valence electrons. The molecular formula is C16H12O2S. The van der Waals surface area contributed by atoms with E-state index in [9.17, 15) is 4.79 Å². The maximum Gasteiger partial charge on any atom is 0.231 e. The number of hydrogen-bond donors (Lipinski definition) is 0. The molecule has 1 heterocycles. The Morgan fingerprint density at radius 2 is 1.79 bits per heavy atom. The number of allylic oxidation sites excluding steroid dienone is 1. The molecule has 0 unspecified atom stereocenters. The predicted octanol–water partition coefficient (Wildman–Crippen LogP) is 4.02. The van der Waals surface area contributed by atoms with Crippen molar-refractivity contribution in [2.75, 3.05) is 6.26 Å². The molecule has 19 heavy (non-hydrogen) atoms. The van der Waals surface area contributed by atoms with Crippen molar-refractivity contribution in [3.8, 4) is 5.75 Å². The van der Waals surface area contributed by atoms with E-state index >= 15 is 0 Å². The Morgan fingerprint density at radius 1 is 1.05 bits per heavy atom. The second-order valence-corrected chi connectivity index (χ2v) is 5.09. The van der Waals surface area contributed by atoms with Crippen molar-refractivity contribution in [1.82, 2.24) is 0 Å². The summed E-state index contributed by atoms with van der Waals surface area (Å²) in [6.07, 6.45) is 3.82. The fraction of sp³-hybridized carbons (Fsp3) is 0.0625. The zero-order chi connectivity index (χ0) is 13.2. The molecule has 2 aromatic carbocycles. The molecule has 0 saturated heterocycles. The molecule has 0 bridgehead atoms. The number of carbonyl (C=O) groups excluding carboxylic acids is 1. The minimum absolute atomic E-state index is 0.0513. The highest BCUT2D eigenvalue weighted by atomic mass is 32.2. The average molecular weight is 268 g/mol. The van der Waals surface area contributed by atoms with E-state index < -0.39 is 0 Å². The number of Topliss-reactive ketones (excluding diaryl/α,β-unsaturated/α-hetero) is 1. The van der Waals surface area contributed by atoms with Gasteiger partial charge >= 0.3 is 0 Å². The Morgan fingerprint density at radius 3 is 2.47 bits per heavy atom. The van der Waals surface area contributed by atoms with Gasteiger partial charge in [-0.2, -0.15) is 0 Å². The van der Waals surface area contributed by atoms with Crippen LogP contribution in [0.15, 0.2) is 59.2 Å². The van der Waals surface area contributed by atoms with E-state index in [1.807, 2.05) is 48.7 Å². The number of fused-ring (bicyclic) bond motifs is 1. The number of para-hydroxylation sites is 1. The molecule has 2 nitrogen and oxygen atoms in total. The molecule has 2 aromatic rings. The maximum absolute atomic E-state index is 12.1. The number of ether oxygens (including phenoxy) is 1. The van der Waals surface area contributed by atoms with Gasteiger partial charge < -0.3 is 4.74 Å². The number of ketones is 1. The molecule has 0 spiro atoms. The topological polar surface area (TPSA) is 26.3 Å². The average Bonchev–Trinajstić information content (AvgIpc) is 2.77. The van der Waals surface area contributed by atoms with Crippen LogP contribution in [0.25, 0.3) is 6.08 Å². The highest BCUT2D eigenvalue weighted by Crippen LogP contribution is 2.31. The van der Waals surface area contributed by atoms with Gasteiger partial charge in [-0.1, -0.05) is 24.3 Å². The monoisotopic (exact) mass is 268 g/mol. The number of hydrogen-bond acceptors (Lipinski definition) is 3. The van der Waals surface area contributed by atoms with Gasteiger partial charge in [0.05, 0.1) is 5.56 Å². The highest BCUT2D eigenvalue weighted by molar-refractivity contribution is 7.98. The molecule has 1 aliphatic heterocycles. The van der Waals surface area contributed by atoms with E-state index in [1.54, 1.807) is 23.9 Å². The molecule has 3 heteroatoms. The molecule has 0 N–H and O–H groups in total. The van der Waals surface area contributed by atoms with Crippen LogP contribution in [0.2, 0.25) is 0 Å². The van der Waals surface area contributed by atoms with Crippen molar-refractivity contribution in [2.24, 2.45) is 0 Å². The van der Waals surface area contributed by atoms with E-state index in [2.05, 4.69) is 0 Å². The largest absolute Gasteiger partial charge is 0.452 e. The zero-order valence-electron chi connectivity index (χ0n) is 10.4. The van der Waals surface area contributed by atoms with Crippen molar-refractivity contribution < 1.29 is 9.53 Å². The molecule has 0 aromatic heterocycles. The molecule has 1 aliphatic rings. The normalized spacial score (nSPS) is 15.4. The molecule has 0 radical (unpaired) electrons. The summed E-state index contributed by atoms with van der Waals surface area (Å²) >= 11 is 1.69. The van der Waals surface area contributed by atoms with Crippen LogP contribution in [-0.4, -0.2) is 12.0 Å². The van der Waals surface area contributed by atoms with Gasteiger partial charge in [0, 0.05) is 4.90 Å². The fourth-order valence-electron chi connectivity index (χ4n) is 1.99. The Hall–Kier alpha value is -2.00. The van der Waals surface area contributed by atoms with Crippen LogP contribution in [0.4, 0.5) is 0 Å². The first-order chi connectivity index (χ1) is 9.28. The van der Waals surface area contributed by atoms with Crippen molar-refractivity contribution in [2.45, 2.75) is 4.90 Å². The van der Waals surface area contributed by atoms with Gasteiger partial charge in [-0.25, -0.2) is 0 Å². The van der Waals surface area contributed by atoms with Gasteiger partial charge in [-0.05, 0) is 42.2 Å². The molecular weight excluding hydrogens is 256 g/mol. The van der Waals surface area contributed by atoms with E-state index in [4.69, 9.17) is 4.74 Å². The van der Waals surface area contributed by atoms with Crippen LogP contribution in [0, 0.1) is 0 Å². The summed E-state index contributed by atoms with van der Waals surface area (Å²) in [6, 6.07) is 15.3. The Bertz CT molecular complexity index is 657. The van der Waals surface area contributed by atoms with Crippen LogP contribution in [0.1, 0.15) is 15.9 Å². The third-order valence-corrected chi connectivity index (χ3v) is 3.73.